The van der Waals surface area contributed by atoms with E-state index in [0.717, 1.165) is 0 Å². The second-order valence-electron chi connectivity index (χ2n) is 6.42. The van der Waals surface area contributed by atoms with Crippen molar-refractivity contribution >= 4 is 21.7 Å². The lowest BCUT2D eigenvalue weighted by molar-refractivity contribution is -0.760. The minimum absolute atomic E-state index is 0.0809. The molecular weight excluding hydrogens is 396 g/mol. The van der Waals surface area contributed by atoms with Crippen molar-refractivity contribution < 1.29 is 22.5 Å². The number of carbonyl (C=O) groups is 1. The maximum atomic E-state index is 12.8. The van der Waals surface area contributed by atoms with Crippen LogP contribution in [0, 0.1) is 0 Å². The van der Waals surface area contributed by atoms with Crippen LogP contribution in [0.15, 0.2) is 64.3 Å². The summed E-state index contributed by atoms with van der Waals surface area (Å²) in [5.41, 5.74) is 6.26. The lowest BCUT2D eigenvalue weighted by atomic mass is 10.1. The molecule has 29 heavy (non-hydrogen) atoms. The molecule has 4 rings (SSSR count). The van der Waals surface area contributed by atoms with Gasteiger partial charge in [-0.3, -0.25) is 14.3 Å². The van der Waals surface area contributed by atoms with Crippen LogP contribution in [0.2, 0.25) is 0 Å². The first-order chi connectivity index (χ1) is 14.0. The highest BCUT2D eigenvalue weighted by Crippen LogP contribution is 2.17. The van der Waals surface area contributed by atoms with Crippen molar-refractivity contribution in [2.75, 3.05) is 36.9 Å². The van der Waals surface area contributed by atoms with Crippen molar-refractivity contribution in [1.82, 2.24) is 14.6 Å². The van der Waals surface area contributed by atoms with E-state index in [-0.39, 0.29) is 35.3 Å². The van der Waals surface area contributed by atoms with Crippen molar-refractivity contribution in [3.05, 3.63) is 66.1 Å². The molecule has 0 saturated carbocycles. The summed E-state index contributed by atoms with van der Waals surface area (Å²) in [7, 11) is -3.58. The SMILES string of the molecule is Nc1on[n+](N2CCN(S(=O)(=O)c3ccccc3)CC2)c1C(=O)c1cccnc1. The predicted octanol–water partition coefficient (Wildman–Crippen LogP) is -0.187. The Labute approximate surface area is 167 Å². The molecule has 11 heteroatoms. The van der Waals surface area contributed by atoms with Crippen LogP contribution < -0.4 is 15.5 Å². The highest BCUT2D eigenvalue weighted by molar-refractivity contribution is 7.89. The molecule has 0 aliphatic carbocycles. The standard InChI is InChI=1S/C18H18N6O4S/c19-18-16(17(25)14-5-4-8-20-13-14)24(21-28-18)22-9-11-23(12-10-22)29(26,27)15-6-2-1-3-7-15/h1-8,13H,9-12H2,(H-,19,21,25)/p+1. The average Bonchev–Trinajstić information content (AvgIpc) is 3.16. The molecule has 0 spiro atoms. The van der Waals surface area contributed by atoms with Crippen LogP contribution in [0.1, 0.15) is 16.1 Å². The summed E-state index contributed by atoms with van der Waals surface area (Å²) in [4.78, 5) is 18.3. The minimum atomic E-state index is -3.58. The third-order valence-electron chi connectivity index (χ3n) is 4.65. The number of pyridine rings is 1. The molecule has 150 valence electrons. The second kappa shape index (κ2) is 7.60. The van der Waals surface area contributed by atoms with Crippen molar-refractivity contribution in [3.63, 3.8) is 0 Å². The first kappa shape index (κ1) is 19.0. The molecule has 1 saturated heterocycles. The number of carbonyl (C=O) groups excluding carboxylic acids is 1. The molecule has 2 N–H and O–H groups in total. The van der Waals surface area contributed by atoms with Gasteiger partial charge in [-0.15, -0.1) is 5.01 Å². The molecule has 1 aliphatic rings. The van der Waals surface area contributed by atoms with Gasteiger partial charge in [-0.1, -0.05) is 18.2 Å². The predicted molar refractivity (Wildman–Crippen MR) is 102 cm³/mol. The van der Waals surface area contributed by atoms with Gasteiger partial charge < -0.3 is 5.73 Å². The number of piperazine rings is 1. The Bertz CT molecular complexity index is 1110. The van der Waals surface area contributed by atoms with Gasteiger partial charge in [0.15, 0.2) is 0 Å². The zero-order chi connectivity index (χ0) is 20.4. The van der Waals surface area contributed by atoms with Crippen molar-refractivity contribution in [2.24, 2.45) is 0 Å². The Morgan fingerprint density at radius 1 is 1.07 bits per heavy atom. The number of hydrogen-bond acceptors (Lipinski definition) is 8. The number of hydrogen-bond donors (Lipinski definition) is 1. The van der Waals surface area contributed by atoms with E-state index in [0.29, 0.717) is 18.7 Å². The van der Waals surface area contributed by atoms with Crippen LogP contribution in [-0.2, 0) is 10.0 Å². The van der Waals surface area contributed by atoms with Gasteiger partial charge in [0.1, 0.15) is 0 Å². The Morgan fingerprint density at radius 2 is 1.79 bits per heavy atom. The quantitative estimate of drug-likeness (QED) is 0.449. The number of sulfonamides is 1. The Balaban J connectivity index is 1.54. The number of nitrogens with two attached hydrogens (primary N) is 1. The van der Waals surface area contributed by atoms with Gasteiger partial charge in [0.2, 0.25) is 15.3 Å². The van der Waals surface area contributed by atoms with E-state index >= 15 is 0 Å². The molecular formula is C18H19N6O4S+. The summed E-state index contributed by atoms with van der Waals surface area (Å²) in [6.45, 7) is 1.10. The summed E-state index contributed by atoms with van der Waals surface area (Å²) in [5, 5.41) is 5.59. The Hall–Kier alpha value is -3.31. The molecule has 2 aromatic heterocycles. The molecule has 3 aromatic rings. The van der Waals surface area contributed by atoms with Crippen LogP contribution >= 0.6 is 0 Å². The molecule has 3 heterocycles. The number of benzene rings is 1. The van der Waals surface area contributed by atoms with Gasteiger partial charge in [0, 0.05) is 31.0 Å². The summed E-state index contributed by atoms with van der Waals surface area (Å²) >= 11 is 0. The average molecular weight is 415 g/mol. The number of ketones is 1. The van der Waals surface area contributed by atoms with E-state index in [1.54, 1.807) is 53.7 Å². The molecule has 0 radical (unpaired) electrons. The largest absolute Gasteiger partial charge is 0.378 e. The zero-order valence-electron chi connectivity index (χ0n) is 15.4. The van der Waals surface area contributed by atoms with Gasteiger partial charge in [0.25, 0.3) is 5.78 Å². The van der Waals surface area contributed by atoms with Gasteiger partial charge in [-0.2, -0.15) is 4.31 Å². The maximum absolute atomic E-state index is 12.8. The number of anilines is 1. The highest BCUT2D eigenvalue weighted by Gasteiger charge is 2.39. The first-order valence-corrected chi connectivity index (χ1v) is 10.3. The van der Waals surface area contributed by atoms with Gasteiger partial charge in [-0.05, 0) is 24.3 Å². The summed E-state index contributed by atoms with van der Waals surface area (Å²) < 4.78 is 32.0. The fourth-order valence-corrected chi connectivity index (χ4v) is 4.59. The van der Waals surface area contributed by atoms with Crippen LogP contribution in [0.4, 0.5) is 5.88 Å². The van der Waals surface area contributed by atoms with E-state index in [1.165, 1.54) is 15.3 Å². The Morgan fingerprint density at radius 3 is 2.45 bits per heavy atom. The number of nitrogen functional groups attached to an aromatic ring is 1. The Kier molecular flexibility index (Phi) is 4.99. The normalized spacial score (nSPS) is 15.4. The van der Waals surface area contributed by atoms with Crippen molar-refractivity contribution in [3.8, 4) is 0 Å². The topological polar surface area (TPSA) is 127 Å². The van der Waals surface area contributed by atoms with E-state index in [4.69, 9.17) is 10.3 Å². The molecule has 0 amide bonds. The van der Waals surface area contributed by atoms with Crippen LogP contribution in [0.25, 0.3) is 0 Å². The van der Waals surface area contributed by atoms with E-state index in [1.807, 2.05) is 0 Å². The highest BCUT2D eigenvalue weighted by atomic mass is 32.2. The van der Waals surface area contributed by atoms with Crippen molar-refractivity contribution in [2.45, 2.75) is 4.90 Å². The van der Waals surface area contributed by atoms with E-state index in [2.05, 4.69) is 10.3 Å². The summed E-state index contributed by atoms with van der Waals surface area (Å²) in [5.74, 6) is -0.491. The van der Waals surface area contributed by atoms with Crippen LogP contribution in [0.5, 0.6) is 0 Å². The van der Waals surface area contributed by atoms with Gasteiger partial charge >= 0.3 is 11.6 Å². The summed E-state index contributed by atoms with van der Waals surface area (Å²) in [6, 6.07) is 11.5. The van der Waals surface area contributed by atoms with Gasteiger partial charge in [-0.25, -0.2) is 8.42 Å². The fraction of sp³-hybridized carbons (Fsp3) is 0.222. The lowest BCUT2D eigenvalue weighted by Gasteiger charge is -2.29. The van der Waals surface area contributed by atoms with E-state index in [9.17, 15) is 13.2 Å². The van der Waals surface area contributed by atoms with Crippen LogP contribution in [-0.4, -0.2) is 54.9 Å². The molecule has 0 unspecified atom stereocenters. The van der Waals surface area contributed by atoms with Crippen molar-refractivity contribution in [1.29, 1.82) is 0 Å². The lowest BCUT2D eigenvalue weighted by Crippen LogP contribution is -2.67. The van der Waals surface area contributed by atoms with Gasteiger partial charge in [0.05, 0.1) is 22.8 Å². The third kappa shape index (κ3) is 3.57. The van der Waals surface area contributed by atoms with E-state index < -0.39 is 10.0 Å². The zero-order valence-corrected chi connectivity index (χ0v) is 16.2. The molecule has 1 aromatic carbocycles. The van der Waals surface area contributed by atoms with Crippen LogP contribution in [0.3, 0.4) is 0 Å². The molecule has 0 atom stereocenters. The monoisotopic (exact) mass is 415 g/mol. The smallest absolute Gasteiger partial charge is 0.361 e. The maximum Gasteiger partial charge on any atom is 0.378 e. The number of aromatic nitrogens is 3. The molecule has 1 fully saturated rings. The number of nitrogens with zero attached hydrogens (tertiary/aromatic N) is 5. The minimum Gasteiger partial charge on any atom is -0.361 e. The third-order valence-corrected chi connectivity index (χ3v) is 6.57. The molecule has 1 aliphatic heterocycles. The molecule has 10 nitrogen and oxygen atoms in total. The molecule has 0 bridgehead atoms. The second-order valence-corrected chi connectivity index (χ2v) is 8.35. The number of rotatable bonds is 5. The first-order valence-electron chi connectivity index (χ1n) is 8.91. The summed E-state index contributed by atoms with van der Waals surface area (Å²) in [6.07, 6.45) is 3.00. The fourth-order valence-electron chi connectivity index (χ4n) is 3.14.